The standard InChI is InChI=1S/C29H45BN2O7/c1-24(2,3)36-22(33)31-32(23(34)37-25(4,5)6)29-17-28(18-29,19-35-16-20-14-12-11-13-15-20)21(29)30-38-26(7,8)27(9,10)39-30/h11-15,21H,16-19H2,1-10H3,(H,31,33). The van der Waals surface area contributed by atoms with E-state index in [0.29, 0.717) is 26.1 Å². The fraction of sp³-hybridized carbons (Fsp3) is 0.724. The molecule has 2 amide bonds. The van der Waals surface area contributed by atoms with Gasteiger partial charge in [-0.2, -0.15) is 0 Å². The van der Waals surface area contributed by atoms with Crippen LogP contribution in [-0.4, -0.2) is 58.9 Å². The van der Waals surface area contributed by atoms with Crippen molar-refractivity contribution in [2.75, 3.05) is 6.61 Å². The summed E-state index contributed by atoms with van der Waals surface area (Å²) >= 11 is 0. The SMILES string of the molecule is CC(C)(C)OC(=O)NN(C(=O)OC(C)(C)C)C12CC(COCc3ccccc3)(C1)C2B1OC(C)(C)C(C)(C)O1. The first-order chi connectivity index (χ1) is 17.8. The molecule has 4 fully saturated rings. The number of carbonyl (C=O) groups excluding carboxylic acids is 2. The Balaban J connectivity index is 1.61. The van der Waals surface area contributed by atoms with Gasteiger partial charge in [-0.25, -0.2) is 20.0 Å². The van der Waals surface area contributed by atoms with E-state index in [0.717, 1.165) is 5.56 Å². The summed E-state index contributed by atoms with van der Waals surface area (Å²) in [6.45, 7) is 19.7. The maximum absolute atomic E-state index is 13.6. The highest BCUT2D eigenvalue weighted by atomic mass is 16.7. The molecule has 1 aromatic carbocycles. The highest BCUT2D eigenvalue weighted by Crippen LogP contribution is 2.79. The summed E-state index contributed by atoms with van der Waals surface area (Å²) in [5.41, 5.74) is 0.166. The molecular weight excluding hydrogens is 499 g/mol. The van der Waals surface area contributed by atoms with Crippen molar-refractivity contribution >= 4 is 19.3 Å². The summed E-state index contributed by atoms with van der Waals surface area (Å²) in [5, 5.41) is 1.32. The zero-order valence-corrected chi connectivity index (χ0v) is 25.2. The van der Waals surface area contributed by atoms with Crippen LogP contribution in [0.15, 0.2) is 30.3 Å². The molecule has 0 aromatic heterocycles. The minimum Gasteiger partial charge on any atom is -0.443 e. The number of benzene rings is 1. The first kappa shape index (κ1) is 29.7. The lowest BCUT2D eigenvalue weighted by atomic mass is 9.24. The summed E-state index contributed by atoms with van der Waals surface area (Å²) in [5.74, 6) is -0.246. The number of hydrogen-bond donors (Lipinski definition) is 1. The van der Waals surface area contributed by atoms with Gasteiger partial charge in [0.25, 0.3) is 0 Å². The second kappa shape index (κ2) is 9.66. The van der Waals surface area contributed by atoms with Crippen molar-refractivity contribution < 1.29 is 33.1 Å². The van der Waals surface area contributed by atoms with Gasteiger partial charge in [-0.05, 0) is 87.6 Å². The van der Waals surface area contributed by atoms with Gasteiger partial charge in [0.1, 0.15) is 11.2 Å². The second-order valence-electron chi connectivity index (χ2n) is 14.3. The minimum absolute atomic E-state index is 0.246. The van der Waals surface area contributed by atoms with Crippen molar-refractivity contribution in [1.29, 1.82) is 0 Å². The van der Waals surface area contributed by atoms with E-state index in [-0.39, 0.29) is 11.2 Å². The Kier molecular flexibility index (Phi) is 7.36. The fourth-order valence-electron chi connectivity index (χ4n) is 5.96. The predicted molar refractivity (Wildman–Crippen MR) is 148 cm³/mol. The molecule has 9 nitrogen and oxygen atoms in total. The van der Waals surface area contributed by atoms with E-state index in [1.54, 1.807) is 41.5 Å². The fourth-order valence-corrected chi connectivity index (χ4v) is 5.96. The van der Waals surface area contributed by atoms with Crippen LogP contribution in [0.25, 0.3) is 0 Å². The molecule has 5 rings (SSSR count). The van der Waals surface area contributed by atoms with Gasteiger partial charge in [-0.3, -0.25) is 0 Å². The summed E-state index contributed by atoms with van der Waals surface area (Å²) in [6, 6.07) is 10.0. The molecule has 0 spiro atoms. The molecule has 1 saturated heterocycles. The van der Waals surface area contributed by atoms with Crippen LogP contribution in [0.2, 0.25) is 5.82 Å². The Labute approximate surface area is 233 Å². The molecule has 1 unspecified atom stereocenters. The molecular formula is C29H45BN2O7. The van der Waals surface area contributed by atoms with E-state index < -0.39 is 47.2 Å². The number of hydrazine groups is 1. The Morgan fingerprint density at radius 3 is 2.00 bits per heavy atom. The number of amides is 2. The molecule has 39 heavy (non-hydrogen) atoms. The highest BCUT2D eigenvalue weighted by molar-refractivity contribution is 6.49. The first-order valence-electron chi connectivity index (χ1n) is 13.8. The van der Waals surface area contributed by atoms with Gasteiger partial charge in [-0.1, -0.05) is 30.3 Å². The van der Waals surface area contributed by atoms with Crippen LogP contribution in [0, 0.1) is 5.41 Å². The number of rotatable bonds is 6. The third-order valence-corrected chi connectivity index (χ3v) is 8.22. The van der Waals surface area contributed by atoms with E-state index >= 15 is 0 Å². The van der Waals surface area contributed by atoms with Crippen LogP contribution in [0.5, 0.6) is 0 Å². The first-order valence-corrected chi connectivity index (χ1v) is 13.8. The molecule has 4 aliphatic rings. The number of ether oxygens (including phenoxy) is 3. The predicted octanol–water partition coefficient (Wildman–Crippen LogP) is 5.88. The van der Waals surface area contributed by atoms with E-state index in [1.165, 1.54) is 5.01 Å². The monoisotopic (exact) mass is 544 g/mol. The average molecular weight is 544 g/mol. The molecule has 1 atom stereocenters. The Morgan fingerprint density at radius 1 is 0.949 bits per heavy atom. The van der Waals surface area contributed by atoms with E-state index in [2.05, 4.69) is 5.43 Å². The van der Waals surface area contributed by atoms with Crippen molar-refractivity contribution in [2.24, 2.45) is 5.41 Å². The molecule has 3 saturated carbocycles. The van der Waals surface area contributed by atoms with Crippen LogP contribution in [0.3, 0.4) is 0 Å². The molecule has 10 heteroatoms. The zero-order valence-electron chi connectivity index (χ0n) is 25.2. The lowest BCUT2D eigenvalue weighted by Gasteiger charge is -2.77. The molecule has 1 aromatic rings. The maximum atomic E-state index is 13.6. The topological polar surface area (TPSA) is 95.6 Å². The molecule has 3 aliphatic carbocycles. The van der Waals surface area contributed by atoms with E-state index in [9.17, 15) is 9.59 Å². The second-order valence-corrected chi connectivity index (χ2v) is 14.3. The smallest absolute Gasteiger partial charge is 0.443 e. The number of nitrogens with zero attached hydrogens (tertiary/aromatic N) is 1. The Bertz CT molecular complexity index is 1060. The van der Waals surface area contributed by atoms with Crippen molar-refractivity contribution in [3.8, 4) is 0 Å². The quantitative estimate of drug-likeness (QED) is 0.353. The third-order valence-electron chi connectivity index (χ3n) is 8.22. The zero-order chi connectivity index (χ0) is 29.1. The van der Waals surface area contributed by atoms with Gasteiger partial charge in [-0.15, -0.1) is 0 Å². The van der Waals surface area contributed by atoms with Crippen LogP contribution in [0.1, 0.15) is 87.6 Å². The molecule has 1 aliphatic heterocycles. The molecule has 216 valence electrons. The van der Waals surface area contributed by atoms with Gasteiger partial charge < -0.3 is 23.5 Å². The summed E-state index contributed by atoms with van der Waals surface area (Å²) in [4.78, 5) is 26.5. The highest BCUT2D eigenvalue weighted by Gasteiger charge is 2.84. The largest absolute Gasteiger partial charge is 0.464 e. The normalized spacial score (nSPS) is 28.7. The lowest BCUT2D eigenvalue weighted by molar-refractivity contribution is -0.250. The third kappa shape index (κ3) is 5.79. The van der Waals surface area contributed by atoms with Crippen molar-refractivity contribution in [3.05, 3.63) is 35.9 Å². The number of hydrogen-bond acceptors (Lipinski definition) is 7. The van der Waals surface area contributed by atoms with Crippen molar-refractivity contribution in [3.63, 3.8) is 0 Å². The lowest BCUT2D eigenvalue weighted by Crippen LogP contribution is -2.85. The van der Waals surface area contributed by atoms with Gasteiger partial charge in [0.2, 0.25) is 0 Å². The van der Waals surface area contributed by atoms with Gasteiger partial charge >= 0.3 is 19.3 Å². The average Bonchev–Trinajstić information content (AvgIpc) is 2.91. The molecule has 1 heterocycles. The minimum atomic E-state index is -0.767. The summed E-state index contributed by atoms with van der Waals surface area (Å²) in [7, 11) is -0.594. The van der Waals surface area contributed by atoms with Crippen LogP contribution in [-0.2, 0) is 30.1 Å². The van der Waals surface area contributed by atoms with Gasteiger partial charge in [0.05, 0.1) is 30.0 Å². The van der Waals surface area contributed by atoms with Crippen molar-refractivity contribution in [2.45, 2.75) is 122 Å². The van der Waals surface area contributed by atoms with Crippen LogP contribution >= 0.6 is 0 Å². The van der Waals surface area contributed by atoms with E-state index in [1.807, 2.05) is 58.0 Å². The summed E-state index contributed by atoms with van der Waals surface area (Å²) in [6.07, 6.45) is -0.148. The molecule has 0 radical (unpaired) electrons. The Morgan fingerprint density at radius 2 is 1.49 bits per heavy atom. The summed E-state index contributed by atoms with van der Waals surface area (Å²) < 4.78 is 30.5. The number of carbonyl (C=O) groups is 2. The molecule has 1 N–H and O–H groups in total. The van der Waals surface area contributed by atoms with Crippen LogP contribution < -0.4 is 5.43 Å². The Hall–Kier alpha value is -2.30. The number of nitrogens with one attached hydrogen (secondary N) is 1. The maximum Gasteiger partial charge on any atom is 0.464 e. The van der Waals surface area contributed by atoms with Gasteiger partial charge in [0.15, 0.2) is 0 Å². The van der Waals surface area contributed by atoms with Crippen molar-refractivity contribution in [1.82, 2.24) is 10.4 Å². The molecule has 2 bridgehead atoms. The van der Waals surface area contributed by atoms with Gasteiger partial charge in [0, 0.05) is 11.2 Å². The van der Waals surface area contributed by atoms with Crippen LogP contribution in [0.4, 0.5) is 9.59 Å². The van der Waals surface area contributed by atoms with E-state index in [4.69, 9.17) is 23.5 Å².